The van der Waals surface area contributed by atoms with Gasteiger partial charge in [-0.2, -0.15) is 4.98 Å². The van der Waals surface area contributed by atoms with Crippen LogP contribution in [0, 0.1) is 0 Å². The lowest BCUT2D eigenvalue weighted by Crippen LogP contribution is -2.13. The highest BCUT2D eigenvalue weighted by atomic mass is 32.1. The van der Waals surface area contributed by atoms with Crippen LogP contribution in [0.25, 0.3) is 10.7 Å². The Labute approximate surface area is 163 Å². The molecule has 1 aliphatic carbocycles. The molecule has 0 saturated heterocycles. The first-order chi connectivity index (χ1) is 13.1. The number of fused-ring (bicyclic) bond motifs is 1. The van der Waals surface area contributed by atoms with Crippen LogP contribution in [0.4, 0.5) is 5.00 Å². The van der Waals surface area contributed by atoms with Crippen LogP contribution in [0.1, 0.15) is 46.5 Å². The second-order valence-corrected chi connectivity index (χ2v) is 8.21. The van der Waals surface area contributed by atoms with Gasteiger partial charge in [0.05, 0.1) is 10.4 Å². The fourth-order valence-electron chi connectivity index (χ4n) is 3.05. The molecule has 0 bridgehead atoms. The molecule has 0 atom stereocenters. The highest BCUT2D eigenvalue weighted by Crippen LogP contribution is 2.38. The van der Waals surface area contributed by atoms with Gasteiger partial charge in [-0.3, -0.25) is 4.79 Å². The fourth-order valence-corrected chi connectivity index (χ4v) is 5.02. The van der Waals surface area contributed by atoms with Crippen molar-refractivity contribution in [3.05, 3.63) is 39.4 Å². The number of amides is 1. The van der Waals surface area contributed by atoms with Crippen molar-refractivity contribution in [2.75, 3.05) is 5.32 Å². The number of ether oxygens (including phenoxy) is 1. The van der Waals surface area contributed by atoms with Gasteiger partial charge in [0.25, 0.3) is 5.89 Å². The summed E-state index contributed by atoms with van der Waals surface area (Å²) in [6.07, 6.45) is 3.86. The van der Waals surface area contributed by atoms with E-state index in [0.29, 0.717) is 16.4 Å². The van der Waals surface area contributed by atoms with Crippen molar-refractivity contribution in [1.29, 1.82) is 0 Å². The molecule has 1 amide bonds. The molecule has 4 rings (SSSR count). The van der Waals surface area contributed by atoms with Crippen molar-refractivity contribution < 1.29 is 18.8 Å². The number of rotatable bonds is 5. The van der Waals surface area contributed by atoms with E-state index in [1.54, 1.807) is 0 Å². The van der Waals surface area contributed by atoms with Crippen LogP contribution in [-0.2, 0) is 29.0 Å². The Kier molecular flexibility index (Phi) is 5.04. The molecule has 9 heteroatoms. The van der Waals surface area contributed by atoms with Gasteiger partial charge in [-0.1, -0.05) is 11.2 Å². The number of carbonyl (C=O) groups is 2. The molecule has 0 saturated carbocycles. The lowest BCUT2D eigenvalue weighted by atomic mass is 9.95. The summed E-state index contributed by atoms with van der Waals surface area (Å²) >= 11 is 2.96. The van der Waals surface area contributed by atoms with Crippen LogP contribution in [0.5, 0.6) is 0 Å². The molecule has 3 heterocycles. The molecule has 3 aromatic heterocycles. The van der Waals surface area contributed by atoms with Crippen LogP contribution < -0.4 is 5.32 Å². The van der Waals surface area contributed by atoms with Gasteiger partial charge >= 0.3 is 5.97 Å². The van der Waals surface area contributed by atoms with Gasteiger partial charge in [-0.25, -0.2) is 4.79 Å². The lowest BCUT2D eigenvalue weighted by molar-refractivity contribution is -0.114. The number of anilines is 1. The third-order valence-corrected chi connectivity index (χ3v) is 6.27. The number of thiophene rings is 2. The van der Waals surface area contributed by atoms with E-state index in [9.17, 15) is 9.59 Å². The number of aromatic nitrogens is 2. The fraction of sp³-hybridized carbons (Fsp3) is 0.333. The summed E-state index contributed by atoms with van der Waals surface area (Å²) in [6.45, 7) is 1.32. The first-order valence-electron chi connectivity index (χ1n) is 8.57. The Balaban J connectivity index is 1.51. The number of nitrogens with one attached hydrogen (secondary N) is 1. The van der Waals surface area contributed by atoms with Crippen molar-refractivity contribution in [2.24, 2.45) is 0 Å². The van der Waals surface area contributed by atoms with Gasteiger partial charge in [-0.15, -0.1) is 22.7 Å². The predicted octanol–water partition coefficient (Wildman–Crippen LogP) is 4.05. The number of hydrogen-bond acceptors (Lipinski definition) is 8. The monoisotopic (exact) mass is 403 g/mol. The topological polar surface area (TPSA) is 94.3 Å². The molecule has 27 heavy (non-hydrogen) atoms. The van der Waals surface area contributed by atoms with Crippen molar-refractivity contribution in [3.63, 3.8) is 0 Å². The molecule has 7 nitrogen and oxygen atoms in total. The summed E-state index contributed by atoms with van der Waals surface area (Å²) in [4.78, 5) is 30.5. The van der Waals surface area contributed by atoms with Crippen LogP contribution in [0.3, 0.4) is 0 Å². The Morgan fingerprint density at radius 3 is 2.96 bits per heavy atom. The van der Waals surface area contributed by atoms with E-state index < -0.39 is 5.97 Å². The van der Waals surface area contributed by atoms with Gasteiger partial charge in [0.2, 0.25) is 11.7 Å². The molecule has 0 aliphatic heterocycles. The molecule has 1 N–H and O–H groups in total. The van der Waals surface area contributed by atoms with Crippen molar-refractivity contribution in [3.8, 4) is 10.7 Å². The average molecular weight is 403 g/mol. The summed E-state index contributed by atoms with van der Waals surface area (Å²) in [5.74, 6) is 0.0222. The zero-order chi connectivity index (χ0) is 18.8. The first kappa shape index (κ1) is 17.9. The van der Waals surface area contributed by atoms with Gasteiger partial charge < -0.3 is 14.6 Å². The summed E-state index contributed by atoms with van der Waals surface area (Å²) < 4.78 is 10.6. The Hall–Kier alpha value is -2.52. The number of aryl methyl sites for hydroxylation is 1. The van der Waals surface area contributed by atoms with E-state index in [0.717, 1.165) is 41.0 Å². The maximum Gasteiger partial charge on any atom is 0.341 e. The van der Waals surface area contributed by atoms with Gasteiger partial charge in [-0.05, 0) is 42.7 Å². The lowest BCUT2D eigenvalue weighted by Gasteiger charge is -2.12. The van der Waals surface area contributed by atoms with Gasteiger partial charge in [0.1, 0.15) is 5.00 Å². The van der Waals surface area contributed by atoms with Crippen molar-refractivity contribution >= 4 is 39.6 Å². The van der Waals surface area contributed by atoms with E-state index in [2.05, 4.69) is 15.5 Å². The summed E-state index contributed by atoms with van der Waals surface area (Å²) in [5, 5.41) is 9.15. The van der Waals surface area contributed by atoms with E-state index in [4.69, 9.17) is 9.26 Å². The largest absolute Gasteiger partial charge is 0.452 e. The minimum absolute atomic E-state index is 0.110. The molecular weight excluding hydrogens is 386 g/mol. The summed E-state index contributed by atoms with van der Waals surface area (Å²) in [7, 11) is 0. The van der Waals surface area contributed by atoms with Crippen LogP contribution in [0.15, 0.2) is 22.0 Å². The third kappa shape index (κ3) is 3.79. The highest BCUT2D eigenvalue weighted by Gasteiger charge is 2.27. The summed E-state index contributed by atoms with van der Waals surface area (Å²) in [5.41, 5.74) is 1.45. The molecular formula is C18H17N3O4S2. The number of esters is 1. The summed E-state index contributed by atoms with van der Waals surface area (Å²) in [6, 6.07) is 3.79. The maximum absolute atomic E-state index is 12.7. The van der Waals surface area contributed by atoms with Crippen LogP contribution in [0.2, 0.25) is 0 Å². The van der Waals surface area contributed by atoms with Crippen molar-refractivity contribution in [1.82, 2.24) is 10.1 Å². The molecule has 0 spiro atoms. The quantitative estimate of drug-likeness (QED) is 0.646. The molecule has 0 radical (unpaired) electrons. The van der Waals surface area contributed by atoms with Crippen LogP contribution in [-0.4, -0.2) is 22.0 Å². The smallest absolute Gasteiger partial charge is 0.341 e. The molecule has 0 fully saturated rings. The third-order valence-electron chi connectivity index (χ3n) is 4.20. The molecule has 3 aromatic rings. The zero-order valence-electron chi connectivity index (χ0n) is 14.6. The Morgan fingerprint density at radius 2 is 2.19 bits per heavy atom. The number of carbonyl (C=O) groups excluding carboxylic acids is 2. The highest BCUT2D eigenvalue weighted by molar-refractivity contribution is 7.17. The van der Waals surface area contributed by atoms with E-state index in [1.807, 2.05) is 17.5 Å². The molecule has 0 unspecified atom stereocenters. The molecule has 140 valence electrons. The Morgan fingerprint density at radius 1 is 1.33 bits per heavy atom. The predicted molar refractivity (Wildman–Crippen MR) is 102 cm³/mol. The van der Waals surface area contributed by atoms with E-state index in [1.165, 1.54) is 29.6 Å². The average Bonchev–Trinajstić information content (AvgIpc) is 3.37. The number of hydrogen-bond donors (Lipinski definition) is 1. The second-order valence-electron chi connectivity index (χ2n) is 6.16. The second kappa shape index (κ2) is 7.61. The van der Waals surface area contributed by atoms with E-state index >= 15 is 0 Å². The molecule has 0 aromatic carbocycles. The zero-order valence-corrected chi connectivity index (χ0v) is 16.2. The number of nitrogens with zero attached hydrogens (tertiary/aromatic N) is 2. The Bertz CT molecular complexity index is 975. The SMILES string of the molecule is CC(=O)Nc1sc2c(c1C(=O)OCc1nc(-c3cccs3)no1)CCCC2. The molecule has 1 aliphatic rings. The van der Waals surface area contributed by atoms with Gasteiger partial charge in [0.15, 0.2) is 6.61 Å². The minimum atomic E-state index is -0.478. The van der Waals surface area contributed by atoms with Crippen molar-refractivity contribution in [2.45, 2.75) is 39.2 Å². The first-order valence-corrected chi connectivity index (χ1v) is 10.3. The van der Waals surface area contributed by atoms with Crippen LogP contribution >= 0.6 is 22.7 Å². The van der Waals surface area contributed by atoms with Gasteiger partial charge in [0, 0.05) is 11.8 Å². The van der Waals surface area contributed by atoms with E-state index in [-0.39, 0.29) is 18.4 Å². The minimum Gasteiger partial charge on any atom is -0.452 e. The normalized spacial score (nSPS) is 13.2. The maximum atomic E-state index is 12.7. The standard InChI is InChI=1S/C18H17N3O4S2/c1-10(22)19-17-15(11-5-2-3-6-12(11)27-17)18(23)24-9-14-20-16(21-25-14)13-7-4-8-26-13/h4,7-8H,2-3,5-6,9H2,1H3,(H,19,22).